The van der Waals surface area contributed by atoms with Crippen molar-refractivity contribution in [1.29, 1.82) is 0 Å². The Balaban J connectivity index is 2.36. The van der Waals surface area contributed by atoms with E-state index in [0.717, 1.165) is 18.9 Å². The predicted octanol–water partition coefficient (Wildman–Crippen LogP) is 4.37. The molecule has 0 aliphatic rings. The Morgan fingerprint density at radius 1 is 1.00 bits per heavy atom. The molecule has 2 aromatic rings. The lowest BCUT2D eigenvalue weighted by atomic mass is 10.0. The summed E-state index contributed by atoms with van der Waals surface area (Å²) in [5.74, 6) is 1.54. The Morgan fingerprint density at radius 2 is 1.75 bits per heavy atom. The Kier molecular flexibility index (Phi) is 5.02. The molecule has 0 heterocycles. The molecule has 0 amide bonds. The maximum Gasteiger partial charge on any atom is 0.124 e. The van der Waals surface area contributed by atoms with Gasteiger partial charge in [-0.1, -0.05) is 58.0 Å². The second-order valence-electron chi connectivity index (χ2n) is 6.00. The third kappa shape index (κ3) is 3.73. The van der Waals surface area contributed by atoms with Gasteiger partial charge in [0.25, 0.3) is 0 Å². The van der Waals surface area contributed by atoms with Gasteiger partial charge in [0.1, 0.15) is 5.75 Å². The van der Waals surface area contributed by atoms with Crippen molar-refractivity contribution in [2.75, 3.05) is 6.61 Å². The molecule has 0 atom stereocenters. The molecule has 0 saturated carbocycles. The molecule has 20 heavy (non-hydrogen) atoms. The molecular weight excluding hydrogens is 246 g/mol. The smallest absolute Gasteiger partial charge is 0.124 e. The summed E-state index contributed by atoms with van der Waals surface area (Å²) in [7, 11) is 0. The van der Waals surface area contributed by atoms with Crippen molar-refractivity contribution >= 4 is 10.8 Å². The SMILES string of the molecule is CC(C)COc1ccc2ccccc2c1CNC(C)C. The Morgan fingerprint density at radius 3 is 2.45 bits per heavy atom. The quantitative estimate of drug-likeness (QED) is 0.842. The van der Waals surface area contributed by atoms with Crippen molar-refractivity contribution in [1.82, 2.24) is 5.32 Å². The lowest BCUT2D eigenvalue weighted by molar-refractivity contribution is 0.268. The van der Waals surface area contributed by atoms with Crippen LogP contribution in [0.5, 0.6) is 5.75 Å². The van der Waals surface area contributed by atoms with Gasteiger partial charge in [-0.3, -0.25) is 0 Å². The minimum atomic E-state index is 0.465. The van der Waals surface area contributed by atoms with Crippen LogP contribution in [0.2, 0.25) is 0 Å². The lowest BCUT2D eigenvalue weighted by Crippen LogP contribution is -2.22. The zero-order valence-corrected chi connectivity index (χ0v) is 12.9. The standard InChI is InChI=1S/C18H25NO/c1-13(2)12-20-18-10-9-15-7-5-6-8-16(15)17(18)11-19-14(3)4/h5-10,13-14,19H,11-12H2,1-4H3. The first-order chi connectivity index (χ1) is 9.58. The first kappa shape index (κ1) is 14.9. The van der Waals surface area contributed by atoms with E-state index in [0.29, 0.717) is 12.0 Å². The third-order valence-electron chi connectivity index (χ3n) is 3.26. The molecule has 1 N–H and O–H groups in total. The largest absolute Gasteiger partial charge is 0.493 e. The van der Waals surface area contributed by atoms with Crippen molar-refractivity contribution in [2.24, 2.45) is 5.92 Å². The average Bonchev–Trinajstić information content (AvgIpc) is 2.42. The van der Waals surface area contributed by atoms with E-state index in [2.05, 4.69) is 69.4 Å². The summed E-state index contributed by atoms with van der Waals surface area (Å²) in [4.78, 5) is 0. The van der Waals surface area contributed by atoms with Crippen molar-refractivity contribution in [3.63, 3.8) is 0 Å². The summed E-state index contributed by atoms with van der Waals surface area (Å²) >= 11 is 0. The van der Waals surface area contributed by atoms with Crippen LogP contribution in [0.3, 0.4) is 0 Å². The molecule has 2 rings (SSSR count). The monoisotopic (exact) mass is 271 g/mol. The van der Waals surface area contributed by atoms with Gasteiger partial charge in [-0.05, 0) is 22.8 Å². The number of rotatable bonds is 6. The molecule has 0 aliphatic carbocycles. The number of ether oxygens (including phenoxy) is 1. The van der Waals surface area contributed by atoms with Crippen molar-refractivity contribution < 1.29 is 4.74 Å². The van der Waals surface area contributed by atoms with E-state index in [1.165, 1.54) is 16.3 Å². The van der Waals surface area contributed by atoms with Gasteiger partial charge < -0.3 is 10.1 Å². The topological polar surface area (TPSA) is 21.3 Å². The van der Waals surface area contributed by atoms with Gasteiger partial charge in [0.2, 0.25) is 0 Å². The van der Waals surface area contributed by atoms with Crippen molar-refractivity contribution in [2.45, 2.75) is 40.3 Å². The van der Waals surface area contributed by atoms with E-state index in [1.807, 2.05) is 0 Å². The maximum absolute atomic E-state index is 6.00. The summed E-state index contributed by atoms with van der Waals surface area (Å²) in [5.41, 5.74) is 1.26. The Labute approximate surface area is 122 Å². The van der Waals surface area contributed by atoms with Gasteiger partial charge in [0, 0.05) is 18.2 Å². The summed E-state index contributed by atoms with van der Waals surface area (Å²) in [6.07, 6.45) is 0. The van der Waals surface area contributed by atoms with Crippen LogP contribution in [0.15, 0.2) is 36.4 Å². The van der Waals surface area contributed by atoms with Gasteiger partial charge in [0.05, 0.1) is 6.61 Å². The normalized spacial score (nSPS) is 11.5. The van der Waals surface area contributed by atoms with Crippen LogP contribution < -0.4 is 10.1 Å². The van der Waals surface area contributed by atoms with Crippen LogP contribution in [0, 0.1) is 5.92 Å². The molecule has 0 bridgehead atoms. The van der Waals surface area contributed by atoms with E-state index in [9.17, 15) is 0 Å². The first-order valence-electron chi connectivity index (χ1n) is 7.44. The van der Waals surface area contributed by atoms with Crippen LogP contribution in [-0.2, 0) is 6.54 Å². The number of hydrogen-bond acceptors (Lipinski definition) is 2. The van der Waals surface area contributed by atoms with E-state index in [-0.39, 0.29) is 0 Å². The first-order valence-corrected chi connectivity index (χ1v) is 7.44. The van der Waals surface area contributed by atoms with Gasteiger partial charge >= 0.3 is 0 Å². The molecule has 2 nitrogen and oxygen atoms in total. The predicted molar refractivity (Wildman–Crippen MR) is 86.3 cm³/mol. The van der Waals surface area contributed by atoms with E-state index < -0.39 is 0 Å². The summed E-state index contributed by atoms with van der Waals surface area (Å²) in [6.45, 7) is 10.3. The van der Waals surface area contributed by atoms with Crippen LogP contribution in [0.1, 0.15) is 33.3 Å². The molecule has 0 aliphatic heterocycles. The highest BCUT2D eigenvalue weighted by Gasteiger charge is 2.10. The molecule has 108 valence electrons. The molecule has 0 fully saturated rings. The second kappa shape index (κ2) is 6.76. The summed E-state index contributed by atoms with van der Waals surface area (Å²) in [5, 5.41) is 6.05. The van der Waals surface area contributed by atoms with Crippen LogP contribution in [-0.4, -0.2) is 12.6 Å². The highest BCUT2D eigenvalue weighted by Crippen LogP contribution is 2.28. The number of hydrogen-bond donors (Lipinski definition) is 1. The lowest BCUT2D eigenvalue weighted by Gasteiger charge is -2.17. The fourth-order valence-corrected chi connectivity index (χ4v) is 2.20. The van der Waals surface area contributed by atoms with E-state index in [1.54, 1.807) is 0 Å². The molecule has 0 radical (unpaired) electrons. The molecule has 2 heteroatoms. The number of benzene rings is 2. The highest BCUT2D eigenvalue weighted by atomic mass is 16.5. The summed E-state index contributed by atoms with van der Waals surface area (Å²) < 4.78 is 6.00. The molecule has 2 aromatic carbocycles. The zero-order chi connectivity index (χ0) is 14.5. The molecule has 0 aromatic heterocycles. The average molecular weight is 271 g/mol. The van der Waals surface area contributed by atoms with E-state index >= 15 is 0 Å². The molecule has 0 saturated heterocycles. The fraction of sp³-hybridized carbons (Fsp3) is 0.444. The van der Waals surface area contributed by atoms with Crippen molar-refractivity contribution in [3.8, 4) is 5.75 Å². The zero-order valence-electron chi connectivity index (χ0n) is 12.9. The van der Waals surface area contributed by atoms with Gasteiger partial charge in [0.15, 0.2) is 0 Å². The van der Waals surface area contributed by atoms with Crippen molar-refractivity contribution in [3.05, 3.63) is 42.0 Å². The Hall–Kier alpha value is -1.54. The maximum atomic E-state index is 6.00. The van der Waals surface area contributed by atoms with Gasteiger partial charge in [-0.15, -0.1) is 0 Å². The highest BCUT2D eigenvalue weighted by molar-refractivity contribution is 5.87. The minimum Gasteiger partial charge on any atom is -0.493 e. The summed E-state index contributed by atoms with van der Waals surface area (Å²) in [6, 6.07) is 13.2. The number of nitrogens with one attached hydrogen (secondary N) is 1. The third-order valence-corrected chi connectivity index (χ3v) is 3.26. The number of fused-ring (bicyclic) bond motifs is 1. The van der Waals surface area contributed by atoms with E-state index in [4.69, 9.17) is 4.74 Å². The second-order valence-corrected chi connectivity index (χ2v) is 6.00. The van der Waals surface area contributed by atoms with Crippen LogP contribution in [0.25, 0.3) is 10.8 Å². The van der Waals surface area contributed by atoms with Gasteiger partial charge in [-0.25, -0.2) is 0 Å². The minimum absolute atomic E-state index is 0.465. The van der Waals surface area contributed by atoms with Crippen LogP contribution in [0.4, 0.5) is 0 Å². The van der Waals surface area contributed by atoms with Gasteiger partial charge in [-0.2, -0.15) is 0 Å². The molecule has 0 spiro atoms. The van der Waals surface area contributed by atoms with Crippen LogP contribution >= 0.6 is 0 Å². The molecular formula is C18H25NO. The fourth-order valence-electron chi connectivity index (χ4n) is 2.20. The Bertz CT molecular complexity index is 560. The molecule has 0 unspecified atom stereocenters.